The van der Waals surface area contributed by atoms with E-state index in [1.165, 1.54) is 12.8 Å². The molecule has 0 aromatic carbocycles. The Morgan fingerprint density at radius 2 is 2.19 bits per heavy atom. The molecule has 3 heterocycles. The van der Waals surface area contributed by atoms with Crippen molar-refractivity contribution in [1.29, 1.82) is 0 Å². The third-order valence-corrected chi connectivity index (χ3v) is 5.94. The molecule has 1 fully saturated rings. The van der Waals surface area contributed by atoms with Crippen LogP contribution in [-0.4, -0.2) is 45.6 Å². The topological polar surface area (TPSA) is 71.3 Å². The average molecular weight is 376 g/mol. The second kappa shape index (κ2) is 9.37. The number of carbonyl (C=O) groups excluding carboxylic acids is 1. The predicted octanol–water partition coefficient (Wildman–Crippen LogP) is 2.67. The van der Waals surface area contributed by atoms with Gasteiger partial charge in [0.05, 0.1) is 6.04 Å². The van der Waals surface area contributed by atoms with Gasteiger partial charge in [0, 0.05) is 12.6 Å². The molecule has 2 aromatic rings. The molecule has 6 nitrogen and oxygen atoms in total. The van der Waals surface area contributed by atoms with E-state index in [0.29, 0.717) is 18.3 Å². The third kappa shape index (κ3) is 4.76. The van der Waals surface area contributed by atoms with Crippen LogP contribution in [-0.2, 0) is 4.79 Å². The normalized spacial score (nSPS) is 17.9. The van der Waals surface area contributed by atoms with Gasteiger partial charge in [-0.3, -0.25) is 9.20 Å². The van der Waals surface area contributed by atoms with Crippen LogP contribution < -0.4 is 10.6 Å². The van der Waals surface area contributed by atoms with Gasteiger partial charge < -0.3 is 10.6 Å². The van der Waals surface area contributed by atoms with E-state index in [1.807, 2.05) is 28.8 Å². The molecule has 2 unspecified atom stereocenters. The number of amides is 1. The minimum Gasteiger partial charge on any atom is -0.346 e. The van der Waals surface area contributed by atoms with E-state index in [2.05, 4.69) is 34.0 Å². The summed E-state index contributed by atoms with van der Waals surface area (Å²) < 4.78 is 1.97. The molecule has 1 aliphatic rings. The molecular formula is C19H29N5OS. The highest BCUT2D eigenvalue weighted by Gasteiger charge is 2.25. The van der Waals surface area contributed by atoms with Gasteiger partial charge in [-0.2, -0.15) is 11.8 Å². The number of hydrogen-bond acceptors (Lipinski definition) is 5. The van der Waals surface area contributed by atoms with Crippen molar-refractivity contribution in [2.75, 3.05) is 25.1 Å². The lowest BCUT2D eigenvalue weighted by atomic mass is 9.84. The van der Waals surface area contributed by atoms with Gasteiger partial charge in [0.1, 0.15) is 0 Å². The van der Waals surface area contributed by atoms with Crippen LogP contribution in [0.4, 0.5) is 0 Å². The molecule has 1 saturated heterocycles. The van der Waals surface area contributed by atoms with E-state index >= 15 is 0 Å². The summed E-state index contributed by atoms with van der Waals surface area (Å²) in [5, 5.41) is 15.2. The number of pyridine rings is 1. The molecule has 3 rings (SSSR count). The van der Waals surface area contributed by atoms with E-state index in [1.54, 1.807) is 11.8 Å². The molecular weight excluding hydrogens is 346 g/mol. The second-order valence-corrected chi connectivity index (χ2v) is 8.14. The van der Waals surface area contributed by atoms with Crippen LogP contribution in [0.2, 0.25) is 0 Å². The van der Waals surface area contributed by atoms with Gasteiger partial charge in [-0.25, -0.2) is 0 Å². The van der Waals surface area contributed by atoms with Gasteiger partial charge in [-0.1, -0.05) is 13.0 Å². The van der Waals surface area contributed by atoms with E-state index in [-0.39, 0.29) is 11.9 Å². The summed E-state index contributed by atoms with van der Waals surface area (Å²) in [4.78, 5) is 12.7. The average Bonchev–Trinajstić information content (AvgIpc) is 3.10. The summed E-state index contributed by atoms with van der Waals surface area (Å²) in [6, 6.07) is 5.74. The van der Waals surface area contributed by atoms with Crippen LogP contribution in [0.1, 0.15) is 44.5 Å². The number of piperidine rings is 1. The number of thioether (sulfide) groups is 1. The maximum Gasteiger partial charge on any atom is 0.220 e. The highest BCUT2D eigenvalue weighted by Crippen LogP contribution is 2.25. The SMILES string of the molecule is CSCCC(NC(=O)CC(C)C1CCNCC1)c1nnc2ccccn12. The van der Waals surface area contributed by atoms with E-state index in [4.69, 9.17) is 0 Å². The fraction of sp³-hybridized carbons (Fsp3) is 0.632. The minimum atomic E-state index is -0.104. The van der Waals surface area contributed by atoms with Crippen molar-refractivity contribution in [2.45, 2.75) is 38.6 Å². The first-order chi connectivity index (χ1) is 12.7. The maximum atomic E-state index is 12.7. The molecule has 2 atom stereocenters. The summed E-state index contributed by atoms with van der Waals surface area (Å²) in [5.41, 5.74) is 0.814. The second-order valence-electron chi connectivity index (χ2n) is 7.16. The van der Waals surface area contributed by atoms with Crippen molar-refractivity contribution in [1.82, 2.24) is 25.2 Å². The van der Waals surface area contributed by atoms with Gasteiger partial charge >= 0.3 is 0 Å². The number of rotatable bonds is 8. The van der Waals surface area contributed by atoms with Crippen LogP contribution in [0.3, 0.4) is 0 Å². The van der Waals surface area contributed by atoms with Crippen LogP contribution in [0.15, 0.2) is 24.4 Å². The number of fused-ring (bicyclic) bond motifs is 1. The number of nitrogens with one attached hydrogen (secondary N) is 2. The van der Waals surface area contributed by atoms with Crippen molar-refractivity contribution in [3.05, 3.63) is 30.2 Å². The highest BCUT2D eigenvalue weighted by atomic mass is 32.2. The van der Waals surface area contributed by atoms with Crippen molar-refractivity contribution in [3.63, 3.8) is 0 Å². The molecule has 0 spiro atoms. The monoisotopic (exact) mass is 375 g/mol. The van der Waals surface area contributed by atoms with E-state index < -0.39 is 0 Å². The van der Waals surface area contributed by atoms with E-state index in [9.17, 15) is 4.79 Å². The zero-order chi connectivity index (χ0) is 18.4. The smallest absolute Gasteiger partial charge is 0.220 e. The molecule has 0 bridgehead atoms. The Morgan fingerprint density at radius 3 is 2.96 bits per heavy atom. The Morgan fingerprint density at radius 1 is 1.38 bits per heavy atom. The first kappa shape index (κ1) is 19.2. The molecule has 0 aliphatic carbocycles. The molecule has 0 saturated carbocycles. The number of nitrogens with zero attached hydrogens (tertiary/aromatic N) is 3. The molecule has 142 valence electrons. The molecule has 26 heavy (non-hydrogen) atoms. The Hall–Kier alpha value is -1.60. The van der Waals surface area contributed by atoms with Crippen LogP contribution in [0.25, 0.3) is 5.65 Å². The molecule has 2 aromatic heterocycles. The van der Waals surface area contributed by atoms with Crippen molar-refractivity contribution < 1.29 is 4.79 Å². The highest BCUT2D eigenvalue weighted by molar-refractivity contribution is 7.98. The quantitative estimate of drug-likeness (QED) is 0.742. The first-order valence-electron chi connectivity index (χ1n) is 9.47. The Kier molecular flexibility index (Phi) is 6.91. The molecule has 1 amide bonds. The van der Waals surface area contributed by atoms with Gasteiger partial charge in [-0.05, 0) is 68.3 Å². The van der Waals surface area contributed by atoms with Crippen LogP contribution in [0.5, 0.6) is 0 Å². The maximum absolute atomic E-state index is 12.7. The Balaban J connectivity index is 1.66. The first-order valence-corrected chi connectivity index (χ1v) is 10.9. The zero-order valence-electron chi connectivity index (χ0n) is 15.6. The van der Waals surface area contributed by atoms with Crippen molar-refractivity contribution >= 4 is 23.3 Å². The molecule has 1 aliphatic heterocycles. The van der Waals surface area contributed by atoms with E-state index in [0.717, 1.165) is 36.7 Å². The van der Waals surface area contributed by atoms with Gasteiger partial charge in [0.25, 0.3) is 0 Å². The fourth-order valence-corrected chi connectivity index (χ4v) is 4.20. The van der Waals surface area contributed by atoms with Crippen LogP contribution >= 0.6 is 11.8 Å². The lowest BCUT2D eigenvalue weighted by molar-refractivity contribution is -0.123. The lowest BCUT2D eigenvalue weighted by Gasteiger charge is -2.28. The number of aromatic nitrogens is 3. The third-order valence-electron chi connectivity index (χ3n) is 5.29. The van der Waals surface area contributed by atoms with Gasteiger partial charge in [0.2, 0.25) is 5.91 Å². The van der Waals surface area contributed by atoms with Gasteiger partial charge in [-0.15, -0.1) is 10.2 Å². The molecule has 7 heteroatoms. The Bertz CT molecular complexity index is 713. The largest absolute Gasteiger partial charge is 0.346 e. The van der Waals surface area contributed by atoms with Crippen molar-refractivity contribution in [3.8, 4) is 0 Å². The Labute approximate surface area is 159 Å². The number of hydrogen-bond donors (Lipinski definition) is 2. The summed E-state index contributed by atoms with van der Waals surface area (Å²) in [6.45, 7) is 4.34. The van der Waals surface area contributed by atoms with Gasteiger partial charge in [0.15, 0.2) is 11.5 Å². The molecule has 2 N–H and O–H groups in total. The summed E-state index contributed by atoms with van der Waals surface area (Å²) >= 11 is 1.78. The fourth-order valence-electron chi connectivity index (χ4n) is 3.72. The van der Waals surface area contributed by atoms with Crippen molar-refractivity contribution in [2.24, 2.45) is 11.8 Å². The lowest BCUT2D eigenvalue weighted by Crippen LogP contribution is -2.35. The van der Waals surface area contributed by atoms with Crippen LogP contribution in [0, 0.1) is 11.8 Å². The summed E-state index contributed by atoms with van der Waals surface area (Å²) in [7, 11) is 0. The molecule has 0 radical (unpaired) electrons. The standard InChI is InChI=1S/C19H29N5OS/c1-14(15-6-9-20-10-7-15)13-18(25)21-16(8-12-26-2)19-23-22-17-5-3-4-11-24(17)19/h3-5,11,14-16,20H,6-10,12-13H2,1-2H3,(H,21,25). The summed E-state index contributed by atoms with van der Waals surface area (Å²) in [5.74, 6) is 2.96. The summed E-state index contributed by atoms with van der Waals surface area (Å²) in [6.07, 6.45) is 7.81. The minimum absolute atomic E-state index is 0.104. The number of carbonyl (C=O) groups is 1. The predicted molar refractivity (Wildman–Crippen MR) is 106 cm³/mol. The zero-order valence-corrected chi connectivity index (χ0v) is 16.5.